The molecule has 138 valence electrons. The van der Waals surface area contributed by atoms with Crippen LogP contribution in [0.4, 0.5) is 5.69 Å². The number of halogens is 1. The second-order valence-electron chi connectivity index (χ2n) is 5.98. The van der Waals surface area contributed by atoms with Crippen LogP contribution in [0.1, 0.15) is 42.6 Å². The fourth-order valence-electron chi connectivity index (χ4n) is 2.27. The average molecular weight is 420 g/mol. The number of anilines is 1. The summed E-state index contributed by atoms with van der Waals surface area (Å²) in [5.41, 5.74) is 2.08. The fraction of sp³-hybridized carbons (Fsp3) is 0.300. The molecule has 2 aromatic carbocycles. The van der Waals surface area contributed by atoms with Gasteiger partial charge in [0.2, 0.25) is 0 Å². The first-order valence-corrected chi connectivity index (χ1v) is 9.19. The first-order valence-electron chi connectivity index (χ1n) is 8.40. The van der Waals surface area contributed by atoms with E-state index in [0.29, 0.717) is 29.5 Å². The second kappa shape index (κ2) is 9.38. The topological polar surface area (TPSA) is 64.6 Å². The molecule has 0 heterocycles. The number of carbonyl (C=O) groups is 2. The Kier molecular flexibility index (Phi) is 7.21. The Hall–Kier alpha value is -2.34. The lowest BCUT2D eigenvalue weighted by Crippen LogP contribution is -2.20. The van der Waals surface area contributed by atoms with Crippen molar-refractivity contribution in [3.8, 4) is 5.75 Å². The number of benzene rings is 2. The Morgan fingerprint density at radius 3 is 2.58 bits per heavy atom. The number of carbonyl (C=O) groups excluding carboxylic acids is 2. The Bertz CT molecular complexity index is 789. The molecule has 0 aromatic heterocycles. The fourth-order valence-corrected chi connectivity index (χ4v) is 2.78. The third-order valence-electron chi connectivity index (χ3n) is 3.64. The SMILES string of the molecule is CCOC(=O)c1cccc(NC(=O)COc2ccc(C(C)C)cc2Br)c1. The summed E-state index contributed by atoms with van der Waals surface area (Å²) in [6, 6.07) is 12.4. The van der Waals surface area contributed by atoms with E-state index in [1.54, 1.807) is 31.2 Å². The lowest BCUT2D eigenvalue weighted by atomic mass is 10.0. The van der Waals surface area contributed by atoms with Crippen molar-refractivity contribution in [2.45, 2.75) is 26.7 Å². The van der Waals surface area contributed by atoms with E-state index in [1.807, 2.05) is 18.2 Å². The Morgan fingerprint density at radius 1 is 1.15 bits per heavy atom. The molecule has 1 amide bonds. The maximum absolute atomic E-state index is 12.1. The first-order chi connectivity index (χ1) is 12.4. The molecule has 0 unspecified atom stereocenters. The van der Waals surface area contributed by atoms with Gasteiger partial charge in [-0.3, -0.25) is 4.79 Å². The molecule has 6 heteroatoms. The van der Waals surface area contributed by atoms with Crippen LogP contribution < -0.4 is 10.1 Å². The molecular weight excluding hydrogens is 398 g/mol. The van der Waals surface area contributed by atoms with Crippen LogP contribution in [-0.2, 0) is 9.53 Å². The van der Waals surface area contributed by atoms with E-state index in [-0.39, 0.29) is 12.5 Å². The highest BCUT2D eigenvalue weighted by Crippen LogP contribution is 2.28. The summed E-state index contributed by atoms with van der Waals surface area (Å²) in [5.74, 6) is 0.278. The summed E-state index contributed by atoms with van der Waals surface area (Å²) in [7, 11) is 0. The number of rotatable bonds is 7. The van der Waals surface area contributed by atoms with Gasteiger partial charge in [-0.1, -0.05) is 26.0 Å². The van der Waals surface area contributed by atoms with Crippen LogP contribution >= 0.6 is 15.9 Å². The predicted molar refractivity (Wildman–Crippen MR) is 105 cm³/mol. The van der Waals surface area contributed by atoms with Crippen LogP contribution in [0.15, 0.2) is 46.9 Å². The zero-order valence-corrected chi connectivity index (χ0v) is 16.6. The molecular formula is C20H22BrNO4. The zero-order chi connectivity index (χ0) is 19.1. The van der Waals surface area contributed by atoms with Gasteiger partial charge in [0.1, 0.15) is 5.75 Å². The van der Waals surface area contributed by atoms with E-state index in [4.69, 9.17) is 9.47 Å². The molecule has 26 heavy (non-hydrogen) atoms. The van der Waals surface area contributed by atoms with Crippen LogP contribution in [0, 0.1) is 0 Å². The molecule has 0 bridgehead atoms. The molecule has 5 nitrogen and oxygen atoms in total. The molecule has 0 saturated heterocycles. The predicted octanol–water partition coefficient (Wildman–Crippen LogP) is 4.77. The van der Waals surface area contributed by atoms with E-state index >= 15 is 0 Å². The van der Waals surface area contributed by atoms with Gasteiger partial charge in [0.05, 0.1) is 16.6 Å². The van der Waals surface area contributed by atoms with Gasteiger partial charge in [0, 0.05) is 5.69 Å². The highest BCUT2D eigenvalue weighted by molar-refractivity contribution is 9.10. The molecule has 0 aliphatic rings. The minimum absolute atomic E-state index is 0.136. The third-order valence-corrected chi connectivity index (χ3v) is 4.26. The quantitative estimate of drug-likeness (QED) is 0.656. The number of hydrogen-bond acceptors (Lipinski definition) is 4. The monoisotopic (exact) mass is 419 g/mol. The van der Waals surface area contributed by atoms with E-state index < -0.39 is 5.97 Å². The number of nitrogens with one attached hydrogen (secondary N) is 1. The van der Waals surface area contributed by atoms with Crippen molar-refractivity contribution in [2.75, 3.05) is 18.5 Å². The van der Waals surface area contributed by atoms with Crippen molar-refractivity contribution in [1.29, 1.82) is 0 Å². The zero-order valence-electron chi connectivity index (χ0n) is 15.0. The number of amides is 1. The summed E-state index contributed by atoms with van der Waals surface area (Å²) >= 11 is 3.46. The maximum Gasteiger partial charge on any atom is 0.338 e. The van der Waals surface area contributed by atoms with Crippen molar-refractivity contribution >= 4 is 33.5 Å². The van der Waals surface area contributed by atoms with Gasteiger partial charge in [-0.15, -0.1) is 0 Å². The molecule has 0 atom stereocenters. The number of esters is 1. The summed E-state index contributed by atoms with van der Waals surface area (Å²) in [6.07, 6.45) is 0. The van der Waals surface area contributed by atoms with Crippen LogP contribution in [0.3, 0.4) is 0 Å². The number of hydrogen-bond donors (Lipinski definition) is 1. The second-order valence-corrected chi connectivity index (χ2v) is 6.84. The molecule has 0 fully saturated rings. The molecule has 2 aromatic rings. The lowest BCUT2D eigenvalue weighted by Gasteiger charge is -2.12. The van der Waals surface area contributed by atoms with Crippen molar-refractivity contribution in [3.05, 3.63) is 58.1 Å². The summed E-state index contributed by atoms with van der Waals surface area (Å²) in [6.45, 7) is 6.13. The molecule has 0 saturated carbocycles. The van der Waals surface area contributed by atoms with E-state index in [9.17, 15) is 9.59 Å². The summed E-state index contributed by atoms with van der Waals surface area (Å²) in [4.78, 5) is 23.9. The lowest BCUT2D eigenvalue weighted by molar-refractivity contribution is -0.118. The van der Waals surface area contributed by atoms with Gasteiger partial charge in [-0.05, 0) is 64.7 Å². The molecule has 2 rings (SSSR count). The normalized spacial score (nSPS) is 10.5. The van der Waals surface area contributed by atoms with Crippen molar-refractivity contribution in [2.24, 2.45) is 0 Å². The van der Waals surface area contributed by atoms with Crippen LogP contribution in [0.25, 0.3) is 0 Å². The Morgan fingerprint density at radius 2 is 1.92 bits per heavy atom. The molecule has 0 aliphatic carbocycles. The Labute approximate surface area is 161 Å². The standard InChI is InChI=1S/C20H22BrNO4/c1-4-25-20(24)15-6-5-7-16(10-15)22-19(23)12-26-18-9-8-14(13(2)3)11-17(18)21/h5-11,13H,4,12H2,1-3H3,(H,22,23). The smallest absolute Gasteiger partial charge is 0.338 e. The molecule has 0 radical (unpaired) electrons. The van der Waals surface area contributed by atoms with Gasteiger partial charge in [0.25, 0.3) is 5.91 Å². The highest BCUT2D eigenvalue weighted by atomic mass is 79.9. The van der Waals surface area contributed by atoms with E-state index in [0.717, 1.165) is 4.47 Å². The van der Waals surface area contributed by atoms with Gasteiger partial charge >= 0.3 is 5.97 Å². The van der Waals surface area contributed by atoms with Crippen molar-refractivity contribution in [1.82, 2.24) is 0 Å². The van der Waals surface area contributed by atoms with E-state index in [2.05, 4.69) is 35.1 Å². The van der Waals surface area contributed by atoms with Crippen LogP contribution in [-0.4, -0.2) is 25.1 Å². The van der Waals surface area contributed by atoms with Crippen LogP contribution in [0.2, 0.25) is 0 Å². The van der Waals surface area contributed by atoms with Crippen molar-refractivity contribution in [3.63, 3.8) is 0 Å². The maximum atomic E-state index is 12.1. The third kappa shape index (κ3) is 5.59. The minimum Gasteiger partial charge on any atom is -0.483 e. The van der Waals surface area contributed by atoms with Crippen molar-refractivity contribution < 1.29 is 19.1 Å². The summed E-state index contributed by atoms with van der Waals surface area (Å²) in [5, 5.41) is 2.71. The average Bonchev–Trinajstić information content (AvgIpc) is 2.61. The van der Waals surface area contributed by atoms with Gasteiger partial charge in [-0.25, -0.2) is 4.79 Å². The molecule has 0 aliphatic heterocycles. The number of ether oxygens (including phenoxy) is 2. The molecule has 0 spiro atoms. The largest absolute Gasteiger partial charge is 0.483 e. The van der Waals surface area contributed by atoms with Crippen LogP contribution in [0.5, 0.6) is 5.75 Å². The minimum atomic E-state index is -0.422. The van der Waals surface area contributed by atoms with Gasteiger partial charge in [0.15, 0.2) is 6.61 Å². The highest BCUT2D eigenvalue weighted by Gasteiger charge is 2.10. The molecule has 1 N–H and O–H groups in total. The summed E-state index contributed by atoms with van der Waals surface area (Å²) < 4.78 is 11.3. The van der Waals surface area contributed by atoms with Gasteiger partial charge in [-0.2, -0.15) is 0 Å². The first kappa shape index (κ1) is 20.0. The van der Waals surface area contributed by atoms with Gasteiger partial charge < -0.3 is 14.8 Å². The van der Waals surface area contributed by atoms with E-state index in [1.165, 1.54) is 5.56 Å². The Balaban J connectivity index is 1.95.